The van der Waals surface area contributed by atoms with Crippen molar-refractivity contribution in [3.05, 3.63) is 58.4 Å². The summed E-state index contributed by atoms with van der Waals surface area (Å²) in [6.07, 6.45) is 4.74. The average Bonchev–Trinajstić information content (AvgIpc) is 3.45. The highest BCUT2D eigenvalue weighted by atomic mass is 32.1. The molecule has 0 spiro atoms. The van der Waals surface area contributed by atoms with Crippen LogP contribution in [0.1, 0.15) is 43.2 Å². The number of hydrogen-bond donors (Lipinski definition) is 3. The highest BCUT2D eigenvalue weighted by Crippen LogP contribution is 2.29. The van der Waals surface area contributed by atoms with E-state index in [1.807, 2.05) is 30.5 Å². The largest absolute Gasteiger partial charge is 0.361 e. The molecule has 3 N–H and O–H groups in total. The number of para-hydroxylation sites is 1. The molecule has 2 atom stereocenters. The molecular formula is C25H32N4O2S. The number of hydrogen-bond acceptors (Lipinski definition) is 4. The number of carbonyl (C=O) groups excluding carboxylic acids is 2. The summed E-state index contributed by atoms with van der Waals surface area (Å²) < 4.78 is 0. The van der Waals surface area contributed by atoms with Crippen LogP contribution in [-0.4, -0.2) is 47.4 Å². The van der Waals surface area contributed by atoms with Crippen molar-refractivity contribution < 1.29 is 9.59 Å². The minimum absolute atomic E-state index is 0.141. The van der Waals surface area contributed by atoms with E-state index >= 15 is 0 Å². The predicted octanol–water partition coefficient (Wildman–Crippen LogP) is 3.87. The van der Waals surface area contributed by atoms with Gasteiger partial charge in [-0.1, -0.05) is 31.2 Å². The van der Waals surface area contributed by atoms with Crippen molar-refractivity contribution >= 4 is 34.1 Å². The third kappa shape index (κ3) is 5.40. The molecule has 0 aliphatic carbocycles. The minimum atomic E-state index is -0.614. The maximum absolute atomic E-state index is 13.2. The van der Waals surface area contributed by atoms with Crippen molar-refractivity contribution in [3.63, 3.8) is 0 Å². The molecule has 2 amide bonds. The number of H-pyrrole nitrogens is 1. The number of rotatable bonds is 8. The minimum Gasteiger partial charge on any atom is -0.361 e. The Bertz CT molecular complexity index is 1040. The highest BCUT2D eigenvalue weighted by Gasteiger charge is 2.27. The van der Waals surface area contributed by atoms with Crippen molar-refractivity contribution in [2.24, 2.45) is 5.92 Å². The molecule has 0 saturated carbocycles. The fourth-order valence-corrected chi connectivity index (χ4v) is 5.39. The molecule has 6 nitrogen and oxygen atoms in total. The number of aromatic nitrogens is 1. The Hall–Kier alpha value is -2.64. The first-order valence-electron chi connectivity index (χ1n) is 11.4. The average molecular weight is 453 g/mol. The van der Waals surface area contributed by atoms with Gasteiger partial charge in [-0.2, -0.15) is 0 Å². The van der Waals surface area contributed by atoms with E-state index in [-0.39, 0.29) is 17.9 Å². The maximum atomic E-state index is 13.2. The highest BCUT2D eigenvalue weighted by molar-refractivity contribution is 7.10. The third-order valence-electron chi connectivity index (χ3n) is 6.39. The van der Waals surface area contributed by atoms with Crippen LogP contribution in [0.4, 0.5) is 0 Å². The zero-order valence-corrected chi connectivity index (χ0v) is 19.6. The van der Waals surface area contributed by atoms with Crippen molar-refractivity contribution in [1.29, 1.82) is 0 Å². The normalized spacial score (nSPS) is 17.2. The van der Waals surface area contributed by atoms with Gasteiger partial charge in [0.15, 0.2) is 0 Å². The number of carbonyl (C=O) groups is 2. The summed E-state index contributed by atoms with van der Waals surface area (Å²) in [5.74, 6) is 0.410. The van der Waals surface area contributed by atoms with Gasteiger partial charge >= 0.3 is 0 Å². The Morgan fingerprint density at radius 2 is 1.97 bits per heavy atom. The molecule has 2 unspecified atom stereocenters. The lowest BCUT2D eigenvalue weighted by Crippen LogP contribution is -2.49. The summed E-state index contributed by atoms with van der Waals surface area (Å²) in [7, 11) is 0. The molecule has 1 fully saturated rings. The number of piperidine rings is 1. The van der Waals surface area contributed by atoms with Gasteiger partial charge in [0, 0.05) is 41.9 Å². The summed E-state index contributed by atoms with van der Waals surface area (Å²) in [5.41, 5.74) is 2.05. The molecule has 0 bridgehead atoms. The number of nitrogens with zero attached hydrogens (tertiary/aromatic N) is 1. The summed E-state index contributed by atoms with van der Waals surface area (Å²) in [4.78, 5) is 32.1. The zero-order valence-electron chi connectivity index (χ0n) is 18.8. The first-order valence-corrected chi connectivity index (χ1v) is 12.3. The molecule has 32 heavy (non-hydrogen) atoms. The molecule has 2 aromatic heterocycles. The van der Waals surface area contributed by atoms with Crippen LogP contribution in [0.5, 0.6) is 0 Å². The first-order chi connectivity index (χ1) is 15.5. The molecule has 1 aromatic carbocycles. The molecule has 3 heterocycles. The van der Waals surface area contributed by atoms with Gasteiger partial charge in [0.1, 0.15) is 6.04 Å². The van der Waals surface area contributed by atoms with Crippen LogP contribution in [0.15, 0.2) is 48.0 Å². The monoisotopic (exact) mass is 452 g/mol. The molecular weight excluding hydrogens is 420 g/mol. The SMILES string of the molecule is CC(=O)NC(Cc1c[nH]c2ccccc12)C(=O)NCC(c1cccs1)N1CCC(C)CC1. The molecule has 1 aliphatic heterocycles. The summed E-state index contributed by atoms with van der Waals surface area (Å²) in [6, 6.07) is 11.8. The number of benzene rings is 1. The Labute approximate surface area is 193 Å². The molecule has 0 radical (unpaired) electrons. The van der Waals surface area contributed by atoms with Gasteiger partial charge in [-0.3, -0.25) is 14.5 Å². The van der Waals surface area contributed by atoms with E-state index in [1.165, 1.54) is 24.6 Å². The van der Waals surface area contributed by atoms with E-state index in [4.69, 9.17) is 0 Å². The van der Waals surface area contributed by atoms with Crippen LogP contribution in [-0.2, 0) is 16.0 Å². The van der Waals surface area contributed by atoms with Gasteiger partial charge in [-0.15, -0.1) is 11.3 Å². The topological polar surface area (TPSA) is 77.2 Å². The second-order valence-corrected chi connectivity index (χ2v) is 9.79. The molecule has 1 saturated heterocycles. The summed E-state index contributed by atoms with van der Waals surface area (Å²) in [6.45, 7) is 6.40. The molecule has 7 heteroatoms. The van der Waals surface area contributed by atoms with Crippen molar-refractivity contribution in [2.75, 3.05) is 19.6 Å². The molecule has 3 aromatic rings. The second kappa shape index (κ2) is 10.3. The maximum Gasteiger partial charge on any atom is 0.242 e. The number of nitrogens with one attached hydrogen (secondary N) is 3. The Morgan fingerprint density at radius 3 is 2.69 bits per heavy atom. The van der Waals surface area contributed by atoms with Gasteiger partial charge in [-0.25, -0.2) is 0 Å². The molecule has 4 rings (SSSR count). The number of amides is 2. The van der Waals surface area contributed by atoms with Gasteiger partial charge in [-0.05, 0) is 54.9 Å². The van der Waals surface area contributed by atoms with Gasteiger partial charge in [0.25, 0.3) is 0 Å². The van der Waals surface area contributed by atoms with Gasteiger partial charge in [0.2, 0.25) is 11.8 Å². The standard InChI is InChI=1S/C25H32N4O2S/c1-17-9-11-29(12-10-17)23(24-8-5-13-32-24)16-27-25(31)22(28-18(2)30)14-19-15-26-21-7-4-3-6-20(19)21/h3-8,13,15,17,22-23,26H,9-12,14,16H2,1-2H3,(H,27,31)(H,28,30). The second-order valence-electron chi connectivity index (χ2n) is 8.81. The Balaban J connectivity index is 1.46. The van der Waals surface area contributed by atoms with E-state index in [0.717, 1.165) is 35.5 Å². The van der Waals surface area contributed by atoms with Crippen LogP contribution < -0.4 is 10.6 Å². The van der Waals surface area contributed by atoms with Crippen molar-refractivity contribution in [1.82, 2.24) is 20.5 Å². The number of thiophene rings is 1. The van der Waals surface area contributed by atoms with Gasteiger partial charge < -0.3 is 15.6 Å². The first kappa shape index (κ1) is 22.6. The summed E-state index contributed by atoms with van der Waals surface area (Å²) >= 11 is 1.73. The number of likely N-dealkylation sites (tertiary alicyclic amines) is 1. The third-order valence-corrected chi connectivity index (χ3v) is 7.37. The fraction of sp³-hybridized carbons (Fsp3) is 0.440. The quantitative estimate of drug-likeness (QED) is 0.486. The molecule has 170 valence electrons. The van der Waals surface area contributed by atoms with Gasteiger partial charge in [0.05, 0.1) is 6.04 Å². The van der Waals surface area contributed by atoms with E-state index in [0.29, 0.717) is 13.0 Å². The zero-order chi connectivity index (χ0) is 22.5. The number of aromatic amines is 1. The van der Waals surface area contributed by atoms with Crippen LogP contribution in [0.3, 0.4) is 0 Å². The van der Waals surface area contributed by atoms with Crippen molar-refractivity contribution in [2.45, 2.75) is 45.2 Å². The number of fused-ring (bicyclic) bond motifs is 1. The van der Waals surface area contributed by atoms with Crippen molar-refractivity contribution in [3.8, 4) is 0 Å². The van der Waals surface area contributed by atoms with Crippen LogP contribution in [0.25, 0.3) is 10.9 Å². The Morgan fingerprint density at radius 1 is 1.19 bits per heavy atom. The lowest BCUT2D eigenvalue weighted by molar-refractivity contribution is -0.128. The van der Waals surface area contributed by atoms with Crippen LogP contribution >= 0.6 is 11.3 Å². The predicted molar refractivity (Wildman–Crippen MR) is 130 cm³/mol. The summed E-state index contributed by atoms with van der Waals surface area (Å²) in [5, 5.41) is 9.17. The van der Waals surface area contributed by atoms with E-state index in [9.17, 15) is 9.59 Å². The lowest BCUT2D eigenvalue weighted by Gasteiger charge is -2.36. The fourth-order valence-electron chi connectivity index (χ4n) is 4.53. The smallest absolute Gasteiger partial charge is 0.242 e. The van der Waals surface area contributed by atoms with Crippen LogP contribution in [0.2, 0.25) is 0 Å². The van der Waals surface area contributed by atoms with Crippen LogP contribution in [0, 0.1) is 5.92 Å². The molecule has 1 aliphatic rings. The van der Waals surface area contributed by atoms with E-state index in [2.05, 4.69) is 45.0 Å². The lowest BCUT2D eigenvalue weighted by atomic mass is 9.97. The van der Waals surface area contributed by atoms with E-state index < -0.39 is 6.04 Å². The Kier molecular flexibility index (Phi) is 7.27. The van der Waals surface area contributed by atoms with E-state index in [1.54, 1.807) is 11.3 Å².